The van der Waals surface area contributed by atoms with Crippen LogP contribution in [0.25, 0.3) is 0 Å². The van der Waals surface area contributed by atoms with Crippen LogP contribution in [-0.2, 0) is 30.9 Å². The zero-order chi connectivity index (χ0) is 22.7. The van der Waals surface area contributed by atoms with Crippen molar-refractivity contribution in [2.45, 2.75) is 52.3 Å². The van der Waals surface area contributed by atoms with E-state index in [9.17, 15) is 9.90 Å². The third kappa shape index (κ3) is 4.71. The number of carbonyl (C=O) groups is 1. The molecule has 1 atom stereocenters. The number of aromatic nitrogens is 2. The Labute approximate surface area is 189 Å². The first-order valence-corrected chi connectivity index (χ1v) is 11.4. The second-order valence-electron chi connectivity index (χ2n) is 8.55. The number of anilines is 1. The minimum Gasteiger partial charge on any atom is -0.494 e. The molecule has 2 aliphatic heterocycles. The number of benzene rings is 1. The predicted molar refractivity (Wildman–Crippen MR) is 123 cm³/mol. The molecule has 1 unspecified atom stereocenters. The molecular weight excluding hydrogens is 406 g/mol. The summed E-state index contributed by atoms with van der Waals surface area (Å²) < 4.78 is 5.60. The fourth-order valence-electron chi connectivity index (χ4n) is 4.70. The van der Waals surface area contributed by atoms with Crippen LogP contribution in [0, 0.1) is 0 Å². The van der Waals surface area contributed by atoms with Gasteiger partial charge in [-0.3, -0.25) is 9.69 Å². The Hall–Kier alpha value is -2.71. The summed E-state index contributed by atoms with van der Waals surface area (Å²) in [6.45, 7) is 8.07. The van der Waals surface area contributed by atoms with Gasteiger partial charge < -0.3 is 20.1 Å². The number of aliphatic hydroxyl groups is 1. The molecule has 1 aromatic heterocycles. The SMILES string of the molecule is CCOc1ccc(CN2CCC(c3nc4c(c(NC)n3)CCN(C(C)=O)C4)C2)cc1CO. The normalized spacial score (nSPS) is 18.5. The molecule has 1 fully saturated rings. The average molecular weight is 440 g/mol. The van der Waals surface area contributed by atoms with Crippen LogP contribution in [0.5, 0.6) is 5.75 Å². The number of nitrogens with one attached hydrogen (secondary N) is 1. The van der Waals surface area contributed by atoms with Crippen molar-refractivity contribution in [2.24, 2.45) is 0 Å². The molecule has 3 heterocycles. The van der Waals surface area contributed by atoms with Crippen molar-refractivity contribution in [3.05, 3.63) is 46.4 Å². The molecule has 0 radical (unpaired) electrons. The fourth-order valence-corrected chi connectivity index (χ4v) is 4.70. The van der Waals surface area contributed by atoms with Crippen molar-refractivity contribution in [3.63, 3.8) is 0 Å². The summed E-state index contributed by atoms with van der Waals surface area (Å²) in [4.78, 5) is 25.9. The maximum absolute atomic E-state index is 11.9. The van der Waals surface area contributed by atoms with Crippen LogP contribution in [0.15, 0.2) is 18.2 Å². The third-order valence-electron chi connectivity index (χ3n) is 6.40. The van der Waals surface area contributed by atoms with Gasteiger partial charge >= 0.3 is 0 Å². The molecule has 0 bridgehead atoms. The number of amides is 1. The van der Waals surface area contributed by atoms with Crippen molar-refractivity contribution in [3.8, 4) is 5.75 Å². The predicted octanol–water partition coefficient (Wildman–Crippen LogP) is 2.30. The van der Waals surface area contributed by atoms with E-state index in [1.807, 2.05) is 31.0 Å². The molecule has 2 N–H and O–H groups in total. The molecule has 4 rings (SSSR count). The van der Waals surface area contributed by atoms with Gasteiger partial charge in [0, 0.05) is 50.7 Å². The molecular formula is C24H33N5O3. The molecule has 8 nitrogen and oxygen atoms in total. The van der Waals surface area contributed by atoms with Gasteiger partial charge in [-0.1, -0.05) is 6.07 Å². The summed E-state index contributed by atoms with van der Waals surface area (Å²) in [6, 6.07) is 6.05. The Balaban J connectivity index is 1.48. The van der Waals surface area contributed by atoms with Crippen LogP contribution in [0.4, 0.5) is 5.82 Å². The highest BCUT2D eigenvalue weighted by Gasteiger charge is 2.29. The van der Waals surface area contributed by atoms with E-state index in [-0.39, 0.29) is 18.4 Å². The Morgan fingerprint density at radius 1 is 1.31 bits per heavy atom. The lowest BCUT2D eigenvalue weighted by Crippen LogP contribution is -2.35. The lowest BCUT2D eigenvalue weighted by Gasteiger charge is -2.29. The molecule has 2 aliphatic rings. The quantitative estimate of drug-likeness (QED) is 0.684. The summed E-state index contributed by atoms with van der Waals surface area (Å²) >= 11 is 0. The zero-order valence-electron chi connectivity index (χ0n) is 19.2. The molecule has 2 aromatic rings. The number of nitrogens with zero attached hydrogens (tertiary/aromatic N) is 4. The molecule has 0 aliphatic carbocycles. The zero-order valence-corrected chi connectivity index (χ0v) is 19.2. The lowest BCUT2D eigenvalue weighted by atomic mass is 10.0. The van der Waals surface area contributed by atoms with Gasteiger partial charge in [0.1, 0.15) is 17.4 Å². The number of likely N-dealkylation sites (tertiary alicyclic amines) is 1. The number of hydrogen-bond acceptors (Lipinski definition) is 7. The first-order chi connectivity index (χ1) is 15.5. The van der Waals surface area contributed by atoms with Gasteiger partial charge in [-0.25, -0.2) is 9.97 Å². The van der Waals surface area contributed by atoms with Crippen molar-refractivity contribution >= 4 is 11.7 Å². The second kappa shape index (κ2) is 9.83. The first-order valence-electron chi connectivity index (χ1n) is 11.4. The van der Waals surface area contributed by atoms with E-state index in [4.69, 9.17) is 14.7 Å². The van der Waals surface area contributed by atoms with E-state index >= 15 is 0 Å². The van der Waals surface area contributed by atoms with Gasteiger partial charge in [-0.2, -0.15) is 0 Å². The van der Waals surface area contributed by atoms with E-state index in [1.54, 1.807) is 6.92 Å². The average Bonchev–Trinajstić information content (AvgIpc) is 3.27. The van der Waals surface area contributed by atoms with Crippen molar-refractivity contribution in [2.75, 3.05) is 38.6 Å². The second-order valence-corrected chi connectivity index (χ2v) is 8.55. The molecule has 1 amide bonds. The summed E-state index contributed by atoms with van der Waals surface area (Å²) in [5.41, 5.74) is 4.09. The fraction of sp³-hybridized carbons (Fsp3) is 0.542. The smallest absolute Gasteiger partial charge is 0.219 e. The molecule has 0 spiro atoms. The number of aliphatic hydroxyl groups excluding tert-OH is 1. The molecule has 1 saturated heterocycles. The number of ether oxygens (including phenoxy) is 1. The van der Waals surface area contributed by atoms with E-state index in [0.29, 0.717) is 13.2 Å². The van der Waals surface area contributed by atoms with Gasteiger partial charge in [0.2, 0.25) is 5.91 Å². The first kappa shape index (κ1) is 22.5. The maximum Gasteiger partial charge on any atom is 0.219 e. The van der Waals surface area contributed by atoms with E-state index in [0.717, 1.165) is 78.8 Å². The molecule has 8 heteroatoms. The standard InChI is InChI=1S/C24H33N5O3/c1-4-32-22-6-5-17(11-19(22)15-30)12-28-9-7-18(13-28)23-26-21-14-29(16(2)31)10-8-20(21)24(25-3)27-23/h5-6,11,18,30H,4,7-10,12-15H2,1-3H3,(H,25,26,27). The maximum atomic E-state index is 11.9. The highest BCUT2D eigenvalue weighted by atomic mass is 16.5. The Bertz CT molecular complexity index is 980. The number of fused-ring (bicyclic) bond motifs is 1. The molecule has 172 valence electrons. The van der Waals surface area contributed by atoms with Gasteiger partial charge in [-0.15, -0.1) is 0 Å². The van der Waals surface area contributed by atoms with Crippen LogP contribution in [0.2, 0.25) is 0 Å². The molecule has 1 aromatic carbocycles. The Morgan fingerprint density at radius 3 is 2.88 bits per heavy atom. The van der Waals surface area contributed by atoms with Gasteiger partial charge in [-0.05, 0) is 44.0 Å². The molecule has 32 heavy (non-hydrogen) atoms. The van der Waals surface area contributed by atoms with E-state index < -0.39 is 0 Å². The number of rotatable bonds is 7. The summed E-state index contributed by atoms with van der Waals surface area (Å²) in [5, 5.41) is 12.9. The minimum absolute atomic E-state index is 0.0289. The lowest BCUT2D eigenvalue weighted by molar-refractivity contribution is -0.129. The third-order valence-corrected chi connectivity index (χ3v) is 6.40. The summed E-state index contributed by atoms with van der Waals surface area (Å²) in [5.74, 6) is 2.86. The van der Waals surface area contributed by atoms with Crippen LogP contribution < -0.4 is 10.1 Å². The van der Waals surface area contributed by atoms with Crippen LogP contribution in [-0.4, -0.2) is 64.1 Å². The van der Waals surface area contributed by atoms with Crippen LogP contribution in [0.1, 0.15) is 54.4 Å². The minimum atomic E-state index is -0.0289. The van der Waals surface area contributed by atoms with Gasteiger partial charge in [0.15, 0.2) is 0 Å². The summed E-state index contributed by atoms with van der Waals surface area (Å²) in [7, 11) is 1.90. The number of carbonyl (C=O) groups excluding carboxylic acids is 1. The molecule has 0 saturated carbocycles. The van der Waals surface area contributed by atoms with E-state index in [1.165, 1.54) is 0 Å². The van der Waals surface area contributed by atoms with Crippen LogP contribution >= 0.6 is 0 Å². The van der Waals surface area contributed by atoms with Crippen molar-refractivity contribution in [1.82, 2.24) is 19.8 Å². The van der Waals surface area contributed by atoms with Crippen LogP contribution in [0.3, 0.4) is 0 Å². The van der Waals surface area contributed by atoms with Gasteiger partial charge in [0.25, 0.3) is 0 Å². The monoisotopic (exact) mass is 439 g/mol. The topological polar surface area (TPSA) is 90.8 Å². The largest absolute Gasteiger partial charge is 0.494 e. The van der Waals surface area contributed by atoms with Crippen molar-refractivity contribution < 1.29 is 14.6 Å². The van der Waals surface area contributed by atoms with E-state index in [2.05, 4.69) is 16.3 Å². The highest BCUT2D eigenvalue weighted by molar-refractivity contribution is 5.73. The number of hydrogen-bond donors (Lipinski definition) is 2. The Morgan fingerprint density at radius 2 is 2.16 bits per heavy atom. The highest BCUT2D eigenvalue weighted by Crippen LogP contribution is 2.31. The summed E-state index contributed by atoms with van der Waals surface area (Å²) in [6.07, 6.45) is 1.79. The Kier molecular flexibility index (Phi) is 6.91. The van der Waals surface area contributed by atoms with Gasteiger partial charge in [0.05, 0.1) is 25.5 Å². The van der Waals surface area contributed by atoms with Crippen molar-refractivity contribution in [1.29, 1.82) is 0 Å².